The van der Waals surface area contributed by atoms with Gasteiger partial charge in [-0.15, -0.1) is 0 Å². The summed E-state index contributed by atoms with van der Waals surface area (Å²) in [7, 11) is -3.49. The molecule has 7 heteroatoms. The van der Waals surface area contributed by atoms with Crippen molar-refractivity contribution in [1.82, 2.24) is 0 Å². The standard InChI is InChI=1S/C21H23NO5S/c1-15-4-7-17(8-5-15)28(24,25)13-10-20(23)22-16-6-9-18-19(14-16)27-21(26-18)11-2-3-12-21/h4-9,14H,2-3,10-13H2,1H3,(H,22,23). The van der Waals surface area contributed by atoms with Crippen molar-refractivity contribution in [2.75, 3.05) is 11.1 Å². The van der Waals surface area contributed by atoms with Crippen molar-refractivity contribution in [2.45, 2.75) is 49.7 Å². The molecule has 28 heavy (non-hydrogen) atoms. The van der Waals surface area contributed by atoms with E-state index >= 15 is 0 Å². The van der Waals surface area contributed by atoms with Gasteiger partial charge in [-0.25, -0.2) is 8.42 Å². The quantitative estimate of drug-likeness (QED) is 0.823. The van der Waals surface area contributed by atoms with E-state index in [-0.39, 0.29) is 23.0 Å². The molecular formula is C21H23NO5S. The molecule has 6 nitrogen and oxygen atoms in total. The van der Waals surface area contributed by atoms with Crippen molar-refractivity contribution in [3.63, 3.8) is 0 Å². The number of fused-ring (bicyclic) bond motifs is 1. The van der Waals surface area contributed by atoms with E-state index < -0.39 is 15.6 Å². The SMILES string of the molecule is Cc1ccc(S(=O)(=O)CCC(=O)Nc2ccc3c(c2)OC2(CCCC2)O3)cc1. The van der Waals surface area contributed by atoms with Crippen LogP contribution in [0.1, 0.15) is 37.7 Å². The molecule has 2 aromatic rings. The van der Waals surface area contributed by atoms with Gasteiger partial charge in [0.15, 0.2) is 21.3 Å². The average molecular weight is 401 g/mol. The zero-order chi connectivity index (χ0) is 19.8. The number of hydrogen-bond donors (Lipinski definition) is 1. The van der Waals surface area contributed by atoms with E-state index in [0.29, 0.717) is 17.2 Å². The Bertz CT molecular complexity index is 992. The molecule has 1 spiro atoms. The molecule has 1 saturated carbocycles. The van der Waals surface area contributed by atoms with Gasteiger partial charge in [0.05, 0.1) is 10.6 Å². The summed E-state index contributed by atoms with van der Waals surface area (Å²) in [4.78, 5) is 12.5. The number of nitrogens with one attached hydrogen (secondary N) is 1. The topological polar surface area (TPSA) is 81.7 Å². The van der Waals surface area contributed by atoms with Gasteiger partial charge in [-0.3, -0.25) is 4.79 Å². The maximum Gasteiger partial charge on any atom is 0.251 e. The minimum absolute atomic E-state index is 0.116. The highest BCUT2D eigenvalue weighted by atomic mass is 32.2. The molecule has 1 fully saturated rings. The molecule has 0 unspecified atom stereocenters. The number of anilines is 1. The lowest BCUT2D eigenvalue weighted by Crippen LogP contribution is -2.34. The number of hydrogen-bond acceptors (Lipinski definition) is 5. The van der Waals surface area contributed by atoms with E-state index in [2.05, 4.69) is 5.32 Å². The highest BCUT2D eigenvalue weighted by Gasteiger charge is 2.44. The Balaban J connectivity index is 1.36. The van der Waals surface area contributed by atoms with E-state index in [1.165, 1.54) is 0 Å². The van der Waals surface area contributed by atoms with Gasteiger partial charge in [-0.2, -0.15) is 0 Å². The van der Waals surface area contributed by atoms with Gasteiger partial charge in [0.2, 0.25) is 5.91 Å². The molecule has 0 atom stereocenters. The Morgan fingerprint density at radius 2 is 1.71 bits per heavy atom. The Morgan fingerprint density at radius 1 is 1.04 bits per heavy atom. The summed E-state index contributed by atoms with van der Waals surface area (Å²) in [5.41, 5.74) is 1.55. The second kappa shape index (κ2) is 7.13. The molecule has 2 aromatic carbocycles. The molecular weight excluding hydrogens is 378 g/mol. The van der Waals surface area contributed by atoms with Gasteiger partial charge in [-0.1, -0.05) is 17.7 Å². The van der Waals surface area contributed by atoms with Crippen LogP contribution >= 0.6 is 0 Å². The minimum Gasteiger partial charge on any atom is -0.448 e. The summed E-state index contributed by atoms with van der Waals surface area (Å²) < 4.78 is 36.7. The van der Waals surface area contributed by atoms with Crippen LogP contribution in [0.4, 0.5) is 5.69 Å². The predicted molar refractivity (Wildman–Crippen MR) is 105 cm³/mol. The van der Waals surface area contributed by atoms with Crippen molar-refractivity contribution in [2.24, 2.45) is 0 Å². The van der Waals surface area contributed by atoms with Gasteiger partial charge in [-0.05, 0) is 44.0 Å². The van der Waals surface area contributed by atoms with Crippen LogP contribution in [0, 0.1) is 6.92 Å². The van der Waals surface area contributed by atoms with Gasteiger partial charge in [0.25, 0.3) is 5.79 Å². The van der Waals surface area contributed by atoms with E-state index in [9.17, 15) is 13.2 Å². The number of rotatable bonds is 5. The second-order valence-electron chi connectivity index (χ2n) is 7.41. The maximum atomic E-state index is 12.4. The monoisotopic (exact) mass is 401 g/mol. The molecule has 2 aliphatic rings. The van der Waals surface area contributed by atoms with E-state index in [4.69, 9.17) is 9.47 Å². The zero-order valence-electron chi connectivity index (χ0n) is 15.7. The fourth-order valence-corrected chi connectivity index (χ4v) is 4.84. The number of carbonyl (C=O) groups is 1. The molecule has 1 amide bonds. The lowest BCUT2D eigenvalue weighted by molar-refractivity contribution is -0.115. The first kappa shape index (κ1) is 18.8. The summed E-state index contributed by atoms with van der Waals surface area (Å²) in [6, 6.07) is 11.9. The number of amides is 1. The number of aryl methyl sites for hydroxylation is 1. The van der Waals surface area contributed by atoms with Crippen molar-refractivity contribution >= 4 is 21.4 Å². The molecule has 0 bridgehead atoms. The molecule has 0 radical (unpaired) electrons. The Labute approximate surface area is 164 Å². The molecule has 1 aliphatic carbocycles. The van der Waals surface area contributed by atoms with Crippen LogP contribution in [0.3, 0.4) is 0 Å². The van der Waals surface area contributed by atoms with Crippen molar-refractivity contribution in [3.05, 3.63) is 48.0 Å². The van der Waals surface area contributed by atoms with E-state index in [1.807, 2.05) is 6.92 Å². The normalized spacial score (nSPS) is 17.0. The van der Waals surface area contributed by atoms with Crippen LogP contribution < -0.4 is 14.8 Å². The van der Waals surface area contributed by atoms with Crippen LogP contribution in [0.2, 0.25) is 0 Å². The second-order valence-corrected chi connectivity index (χ2v) is 9.52. The molecule has 4 rings (SSSR count). The third-order valence-corrected chi connectivity index (χ3v) is 6.89. The van der Waals surface area contributed by atoms with E-state index in [1.54, 1.807) is 42.5 Å². The van der Waals surface area contributed by atoms with Crippen molar-refractivity contribution in [3.8, 4) is 11.5 Å². The van der Waals surface area contributed by atoms with Crippen LogP contribution in [0.5, 0.6) is 11.5 Å². The van der Waals surface area contributed by atoms with Gasteiger partial charge in [0.1, 0.15) is 0 Å². The van der Waals surface area contributed by atoms with E-state index in [0.717, 1.165) is 31.2 Å². The average Bonchev–Trinajstić information content (AvgIpc) is 3.26. The summed E-state index contributed by atoms with van der Waals surface area (Å²) >= 11 is 0. The molecule has 1 heterocycles. The molecule has 1 N–H and O–H groups in total. The summed E-state index contributed by atoms with van der Waals surface area (Å²) in [5, 5.41) is 2.74. The summed E-state index contributed by atoms with van der Waals surface area (Å²) in [6.07, 6.45) is 3.76. The first-order valence-electron chi connectivity index (χ1n) is 9.47. The third-order valence-electron chi connectivity index (χ3n) is 5.16. The lowest BCUT2D eigenvalue weighted by atomic mass is 10.2. The zero-order valence-corrected chi connectivity index (χ0v) is 16.6. The largest absolute Gasteiger partial charge is 0.448 e. The van der Waals surface area contributed by atoms with Crippen LogP contribution in [0.25, 0.3) is 0 Å². The molecule has 0 aromatic heterocycles. The van der Waals surface area contributed by atoms with Crippen LogP contribution in [0.15, 0.2) is 47.4 Å². The van der Waals surface area contributed by atoms with Gasteiger partial charge >= 0.3 is 0 Å². The lowest BCUT2D eigenvalue weighted by Gasteiger charge is -2.21. The van der Waals surface area contributed by atoms with Crippen molar-refractivity contribution in [1.29, 1.82) is 0 Å². The number of ether oxygens (including phenoxy) is 2. The van der Waals surface area contributed by atoms with Crippen LogP contribution in [-0.4, -0.2) is 25.9 Å². The maximum absolute atomic E-state index is 12.4. The summed E-state index contributed by atoms with van der Waals surface area (Å²) in [5.74, 6) is 0.154. The molecule has 1 aliphatic heterocycles. The number of sulfone groups is 1. The third kappa shape index (κ3) is 3.85. The van der Waals surface area contributed by atoms with Crippen molar-refractivity contribution < 1.29 is 22.7 Å². The Hall–Kier alpha value is -2.54. The Morgan fingerprint density at radius 3 is 2.43 bits per heavy atom. The fourth-order valence-electron chi connectivity index (χ4n) is 3.60. The predicted octanol–water partition coefficient (Wildman–Crippen LogP) is 3.84. The van der Waals surface area contributed by atoms with Gasteiger partial charge < -0.3 is 14.8 Å². The smallest absolute Gasteiger partial charge is 0.251 e. The Kier molecular flexibility index (Phi) is 4.79. The summed E-state index contributed by atoms with van der Waals surface area (Å²) in [6.45, 7) is 1.89. The highest BCUT2D eigenvalue weighted by molar-refractivity contribution is 7.91. The highest BCUT2D eigenvalue weighted by Crippen LogP contribution is 2.47. The molecule has 0 saturated heterocycles. The number of benzene rings is 2. The minimum atomic E-state index is -3.49. The first-order valence-corrected chi connectivity index (χ1v) is 11.1. The number of carbonyl (C=O) groups excluding carboxylic acids is 1. The fraction of sp³-hybridized carbons (Fsp3) is 0.381. The molecule has 148 valence electrons. The van der Waals surface area contributed by atoms with Gasteiger partial charge in [0, 0.05) is 31.0 Å². The van der Waals surface area contributed by atoms with Crippen LogP contribution in [-0.2, 0) is 14.6 Å². The first-order chi connectivity index (χ1) is 13.4.